The predicted molar refractivity (Wildman–Crippen MR) is 200 cm³/mol. The van der Waals surface area contributed by atoms with Crippen molar-refractivity contribution in [2.45, 2.75) is 0 Å². The van der Waals surface area contributed by atoms with Crippen LogP contribution in [-0.4, -0.2) is 15.0 Å². The van der Waals surface area contributed by atoms with E-state index in [1.807, 2.05) is 42.6 Å². The van der Waals surface area contributed by atoms with Crippen LogP contribution in [0.25, 0.3) is 88.5 Å². The SMILES string of the molecule is c1ccc(-c2cc(-c3ccc(-c4ccc5c6ccccc6c6ccccc6c5c4)cc3)nc(-c3ccccc3-c3cccnc3)n2)cc1. The van der Waals surface area contributed by atoms with Gasteiger partial charge >= 0.3 is 0 Å². The number of nitrogens with zero attached hydrogens (tertiary/aromatic N) is 3. The fourth-order valence-corrected chi connectivity index (χ4v) is 6.84. The zero-order chi connectivity index (χ0) is 31.9. The van der Waals surface area contributed by atoms with E-state index in [2.05, 4.69) is 132 Å². The Morgan fingerprint density at radius 2 is 0.812 bits per heavy atom. The van der Waals surface area contributed by atoms with Gasteiger partial charge in [0.25, 0.3) is 0 Å². The average molecular weight is 612 g/mol. The highest BCUT2D eigenvalue weighted by molar-refractivity contribution is 6.25. The van der Waals surface area contributed by atoms with Crippen molar-refractivity contribution in [3.05, 3.63) is 176 Å². The van der Waals surface area contributed by atoms with Gasteiger partial charge in [-0.05, 0) is 67.2 Å². The maximum Gasteiger partial charge on any atom is 0.161 e. The minimum Gasteiger partial charge on any atom is -0.264 e. The monoisotopic (exact) mass is 611 g/mol. The van der Waals surface area contributed by atoms with Crippen molar-refractivity contribution < 1.29 is 0 Å². The first-order chi connectivity index (χ1) is 23.8. The Hall–Kier alpha value is -6.45. The summed E-state index contributed by atoms with van der Waals surface area (Å²) in [7, 11) is 0. The maximum absolute atomic E-state index is 5.16. The standard InChI is InChI=1S/C45H29N3/c1-2-11-31(12-3-1)43-28-44(48-45(47-43)41-19-9-4-14-35(41)34-13-10-26-46-29-34)32-22-20-30(21-23-32)33-24-25-40-38-17-6-5-15-36(38)37-16-7-8-18-39(37)42(40)27-33/h1-29H. The first-order valence-corrected chi connectivity index (χ1v) is 16.2. The fraction of sp³-hybridized carbons (Fsp3) is 0. The maximum atomic E-state index is 5.16. The fourth-order valence-electron chi connectivity index (χ4n) is 6.84. The molecule has 0 atom stereocenters. The number of aromatic nitrogens is 3. The molecule has 224 valence electrons. The van der Waals surface area contributed by atoms with Gasteiger partial charge in [-0.15, -0.1) is 0 Å². The molecule has 48 heavy (non-hydrogen) atoms. The molecule has 0 fully saturated rings. The zero-order valence-electron chi connectivity index (χ0n) is 26.1. The van der Waals surface area contributed by atoms with Gasteiger partial charge in [0.2, 0.25) is 0 Å². The Kier molecular flexibility index (Phi) is 6.80. The second kappa shape index (κ2) is 11.7. The normalized spacial score (nSPS) is 11.3. The van der Waals surface area contributed by atoms with E-state index in [1.54, 1.807) is 6.20 Å². The third-order valence-electron chi connectivity index (χ3n) is 9.19. The molecule has 0 aliphatic rings. The molecule has 0 bridgehead atoms. The zero-order valence-corrected chi connectivity index (χ0v) is 26.1. The molecular weight excluding hydrogens is 583 g/mol. The molecule has 2 aromatic heterocycles. The Labute approximate surface area is 278 Å². The number of fused-ring (bicyclic) bond motifs is 6. The van der Waals surface area contributed by atoms with Crippen molar-refractivity contribution >= 4 is 32.3 Å². The van der Waals surface area contributed by atoms with Crippen molar-refractivity contribution in [1.29, 1.82) is 0 Å². The quantitative estimate of drug-likeness (QED) is 0.182. The van der Waals surface area contributed by atoms with Crippen LogP contribution in [0.15, 0.2) is 176 Å². The minimum absolute atomic E-state index is 0.684. The van der Waals surface area contributed by atoms with Gasteiger partial charge in [-0.3, -0.25) is 4.98 Å². The molecule has 0 aliphatic heterocycles. The summed E-state index contributed by atoms with van der Waals surface area (Å²) >= 11 is 0. The lowest BCUT2D eigenvalue weighted by Gasteiger charge is -2.13. The van der Waals surface area contributed by atoms with Gasteiger partial charge in [0, 0.05) is 34.6 Å². The Morgan fingerprint density at radius 3 is 1.46 bits per heavy atom. The van der Waals surface area contributed by atoms with E-state index in [4.69, 9.17) is 9.97 Å². The summed E-state index contributed by atoms with van der Waals surface area (Å²) in [6, 6.07) is 57.8. The van der Waals surface area contributed by atoms with E-state index in [-0.39, 0.29) is 0 Å². The largest absolute Gasteiger partial charge is 0.264 e. The summed E-state index contributed by atoms with van der Waals surface area (Å²) in [6.07, 6.45) is 3.68. The molecule has 0 saturated heterocycles. The lowest BCUT2D eigenvalue weighted by molar-refractivity contribution is 1.18. The van der Waals surface area contributed by atoms with Crippen LogP contribution in [-0.2, 0) is 0 Å². The van der Waals surface area contributed by atoms with Gasteiger partial charge in [-0.2, -0.15) is 0 Å². The number of hydrogen-bond acceptors (Lipinski definition) is 3. The molecule has 0 N–H and O–H groups in total. The molecule has 0 saturated carbocycles. The lowest BCUT2D eigenvalue weighted by atomic mass is 9.92. The van der Waals surface area contributed by atoms with Crippen LogP contribution in [0.2, 0.25) is 0 Å². The van der Waals surface area contributed by atoms with Crippen molar-refractivity contribution in [3.8, 4) is 56.2 Å². The predicted octanol–water partition coefficient (Wildman–Crippen LogP) is 11.7. The van der Waals surface area contributed by atoms with Crippen LogP contribution >= 0.6 is 0 Å². The Balaban J connectivity index is 1.16. The molecule has 0 spiro atoms. The average Bonchev–Trinajstić information content (AvgIpc) is 3.18. The van der Waals surface area contributed by atoms with Crippen LogP contribution in [0.1, 0.15) is 0 Å². The summed E-state index contributed by atoms with van der Waals surface area (Å²) in [4.78, 5) is 14.6. The molecule has 0 radical (unpaired) electrons. The van der Waals surface area contributed by atoms with Crippen LogP contribution < -0.4 is 0 Å². The molecule has 3 heteroatoms. The smallest absolute Gasteiger partial charge is 0.161 e. The molecule has 3 nitrogen and oxygen atoms in total. The second-order valence-corrected chi connectivity index (χ2v) is 12.0. The third-order valence-corrected chi connectivity index (χ3v) is 9.19. The molecule has 0 aliphatic carbocycles. The number of pyridine rings is 1. The van der Waals surface area contributed by atoms with E-state index in [0.717, 1.165) is 44.8 Å². The topological polar surface area (TPSA) is 38.7 Å². The minimum atomic E-state index is 0.684. The van der Waals surface area contributed by atoms with E-state index in [1.165, 1.54) is 37.9 Å². The Bertz CT molecular complexity index is 2560. The van der Waals surface area contributed by atoms with Gasteiger partial charge in [0.1, 0.15) is 0 Å². The van der Waals surface area contributed by atoms with Gasteiger partial charge in [-0.25, -0.2) is 9.97 Å². The number of benzene rings is 7. The summed E-state index contributed by atoms with van der Waals surface area (Å²) in [5, 5.41) is 7.68. The van der Waals surface area contributed by atoms with Crippen LogP contribution in [0.5, 0.6) is 0 Å². The molecule has 0 unspecified atom stereocenters. The van der Waals surface area contributed by atoms with Gasteiger partial charge in [-0.1, -0.05) is 146 Å². The molecule has 9 rings (SSSR count). The highest BCUT2D eigenvalue weighted by atomic mass is 14.9. The lowest BCUT2D eigenvalue weighted by Crippen LogP contribution is -1.97. The van der Waals surface area contributed by atoms with Crippen LogP contribution in [0.4, 0.5) is 0 Å². The van der Waals surface area contributed by atoms with Crippen LogP contribution in [0.3, 0.4) is 0 Å². The summed E-state index contributed by atoms with van der Waals surface area (Å²) in [5.41, 5.74) is 9.25. The molecule has 7 aromatic carbocycles. The van der Waals surface area contributed by atoms with Gasteiger partial charge in [0.15, 0.2) is 5.82 Å². The van der Waals surface area contributed by atoms with E-state index in [9.17, 15) is 0 Å². The highest BCUT2D eigenvalue weighted by Crippen LogP contribution is 2.38. The van der Waals surface area contributed by atoms with Gasteiger partial charge in [0.05, 0.1) is 11.4 Å². The first kappa shape index (κ1) is 27.8. The Morgan fingerprint density at radius 1 is 0.312 bits per heavy atom. The van der Waals surface area contributed by atoms with Crippen molar-refractivity contribution in [1.82, 2.24) is 15.0 Å². The summed E-state index contributed by atoms with van der Waals surface area (Å²) in [6.45, 7) is 0. The van der Waals surface area contributed by atoms with Crippen LogP contribution in [0, 0.1) is 0 Å². The van der Waals surface area contributed by atoms with E-state index in [0.29, 0.717) is 5.82 Å². The van der Waals surface area contributed by atoms with Crippen molar-refractivity contribution in [3.63, 3.8) is 0 Å². The first-order valence-electron chi connectivity index (χ1n) is 16.2. The number of rotatable bonds is 5. The molecule has 9 aromatic rings. The van der Waals surface area contributed by atoms with E-state index >= 15 is 0 Å². The summed E-state index contributed by atoms with van der Waals surface area (Å²) in [5.74, 6) is 0.684. The summed E-state index contributed by atoms with van der Waals surface area (Å²) < 4.78 is 0. The van der Waals surface area contributed by atoms with Crippen molar-refractivity contribution in [2.24, 2.45) is 0 Å². The third kappa shape index (κ3) is 4.90. The van der Waals surface area contributed by atoms with Crippen molar-refractivity contribution in [2.75, 3.05) is 0 Å². The molecule has 0 amide bonds. The molecule has 2 heterocycles. The second-order valence-electron chi connectivity index (χ2n) is 12.0. The number of hydrogen-bond donors (Lipinski definition) is 0. The highest BCUT2D eigenvalue weighted by Gasteiger charge is 2.15. The molecular formula is C45H29N3. The van der Waals surface area contributed by atoms with Gasteiger partial charge < -0.3 is 0 Å². The van der Waals surface area contributed by atoms with E-state index < -0.39 is 0 Å².